The molecule has 6 heteroatoms. The summed E-state index contributed by atoms with van der Waals surface area (Å²) in [7, 11) is 5.49. The van der Waals surface area contributed by atoms with E-state index in [9.17, 15) is 4.79 Å². The van der Waals surface area contributed by atoms with Crippen molar-refractivity contribution in [3.8, 4) is 0 Å². The monoisotopic (exact) mass is 239 g/mol. The van der Waals surface area contributed by atoms with Gasteiger partial charge in [0.15, 0.2) is 0 Å². The molecule has 1 aromatic rings. The highest BCUT2D eigenvalue weighted by Gasteiger charge is 2.17. The summed E-state index contributed by atoms with van der Waals surface area (Å²) in [5.41, 5.74) is 6.85. The topological polar surface area (TPSA) is 76.2 Å². The fourth-order valence-electron chi connectivity index (χ4n) is 1.74. The summed E-state index contributed by atoms with van der Waals surface area (Å²) in [5.74, 6) is 0.0406. The number of rotatable bonds is 6. The summed E-state index contributed by atoms with van der Waals surface area (Å²) in [6, 6.07) is 0.105. The predicted molar refractivity (Wildman–Crippen MR) is 66.3 cm³/mol. The first kappa shape index (κ1) is 13.7. The van der Waals surface area contributed by atoms with Crippen LogP contribution in [-0.2, 0) is 11.8 Å². The van der Waals surface area contributed by atoms with E-state index in [0.717, 1.165) is 5.56 Å². The molecule has 0 fully saturated rings. The standard InChI is InChI=1S/C11H21N5O/c1-13-11(17)4-5-15(2)10(6-12)9-7-14-16(3)8-9/h7-8,10H,4-6,12H2,1-3H3,(H,13,17). The molecule has 0 spiro atoms. The zero-order valence-corrected chi connectivity index (χ0v) is 10.7. The number of carbonyl (C=O) groups excluding carboxylic acids is 1. The van der Waals surface area contributed by atoms with Crippen LogP contribution in [0.1, 0.15) is 18.0 Å². The van der Waals surface area contributed by atoms with Crippen LogP contribution in [0.4, 0.5) is 0 Å². The van der Waals surface area contributed by atoms with Crippen LogP contribution in [-0.4, -0.2) is 47.8 Å². The predicted octanol–water partition coefficient (Wildman–Crippen LogP) is -0.512. The molecule has 1 aromatic heterocycles. The first-order chi connectivity index (χ1) is 8.08. The minimum absolute atomic E-state index is 0.0406. The Labute approximate surface area is 102 Å². The van der Waals surface area contributed by atoms with E-state index in [0.29, 0.717) is 19.5 Å². The Hall–Kier alpha value is -1.40. The van der Waals surface area contributed by atoms with Crippen LogP contribution in [0, 0.1) is 0 Å². The SMILES string of the molecule is CNC(=O)CCN(C)C(CN)c1cnn(C)c1. The number of hydrogen-bond donors (Lipinski definition) is 2. The van der Waals surface area contributed by atoms with Gasteiger partial charge in [-0.25, -0.2) is 0 Å². The van der Waals surface area contributed by atoms with Gasteiger partial charge in [-0.2, -0.15) is 5.10 Å². The van der Waals surface area contributed by atoms with Gasteiger partial charge in [0.05, 0.1) is 6.20 Å². The Morgan fingerprint density at radius 3 is 2.88 bits per heavy atom. The van der Waals surface area contributed by atoms with Crippen molar-refractivity contribution in [2.45, 2.75) is 12.5 Å². The lowest BCUT2D eigenvalue weighted by molar-refractivity contribution is -0.120. The summed E-state index contributed by atoms with van der Waals surface area (Å²) < 4.78 is 1.75. The highest BCUT2D eigenvalue weighted by molar-refractivity contribution is 5.75. The van der Waals surface area contributed by atoms with E-state index in [1.54, 1.807) is 11.7 Å². The van der Waals surface area contributed by atoms with Crippen LogP contribution in [0.3, 0.4) is 0 Å². The van der Waals surface area contributed by atoms with Crippen molar-refractivity contribution in [3.63, 3.8) is 0 Å². The first-order valence-corrected chi connectivity index (χ1v) is 5.68. The molecule has 3 N–H and O–H groups in total. The summed E-state index contributed by atoms with van der Waals surface area (Å²) in [6.07, 6.45) is 4.24. The Bertz CT molecular complexity index is 362. The van der Waals surface area contributed by atoms with E-state index in [1.165, 1.54) is 0 Å². The second-order valence-corrected chi connectivity index (χ2v) is 4.10. The van der Waals surface area contributed by atoms with Crippen molar-refractivity contribution in [3.05, 3.63) is 18.0 Å². The van der Waals surface area contributed by atoms with Gasteiger partial charge < -0.3 is 11.1 Å². The number of nitrogens with one attached hydrogen (secondary N) is 1. The fraction of sp³-hybridized carbons (Fsp3) is 0.636. The molecule has 0 saturated carbocycles. The molecule has 0 saturated heterocycles. The number of amides is 1. The molecular formula is C11H21N5O. The third-order valence-corrected chi connectivity index (χ3v) is 2.84. The van der Waals surface area contributed by atoms with Gasteiger partial charge in [-0.05, 0) is 7.05 Å². The molecule has 96 valence electrons. The molecule has 1 rings (SSSR count). The Morgan fingerprint density at radius 2 is 2.41 bits per heavy atom. The summed E-state index contributed by atoms with van der Waals surface area (Å²) >= 11 is 0. The van der Waals surface area contributed by atoms with Crippen LogP contribution >= 0.6 is 0 Å². The second-order valence-electron chi connectivity index (χ2n) is 4.10. The van der Waals surface area contributed by atoms with Crippen LogP contribution < -0.4 is 11.1 Å². The van der Waals surface area contributed by atoms with Crippen LogP contribution in [0.15, 0.2) is 12.4 Å². The smallest absolute Gasteiger partial charge is 0.221 e. The number of aryl methyl sites for hydroxylation is 1. The number of aromatic nitrogens is 2. The van der Waals surface area contributed by atoms with Crippen molar-refractivity contribution >= 4 is 5.91 Å². The molecule has 6 nitrogen and oxygen atoms in total. The molecule has 1 atom stereocenters. The highest BCUT2D eigenvalue weighted by atomic mass is 16.1. The van der Waals surface area contributed by atoms with Gasteiger partial charge in [-0.15, -0.1) is 0 Å². The van der Waals surface area contributed by atoms with Gasteiger partial charge in [-0.1, -0.05) is 0 Å². The molecule has 0 aliphatic heterocycles. The molecule has 17 heavy (non-hydrogen) atoms. The average molecular weight is 239 g/mol. The Kier molecular flexibility index (Phi) is 5.11. The summed E-state index contributed by atoms with van der Waals surface area (Å²) in [4.78, 5) is 13.3. The molecule has 1 unspecified atom stereocenters. The molecule has 0 aromatic carbocycles. The van der Waals surface area contributed by atoms with Gasteiger partial charge in [0.2, 0.25) is 5.91 Å². The first-order valence-electron chi connectivity index (χ1n) is 5.68. The highest BCUT2D eigenvalue weighted by Crippen LogP contribution is 2.17. The Balaban J connectivity index is 2.58. The van der Waals surface area contributed by atoms with Gasteiger partial charge in [0, 0.05) is 51.4 Å². The number of nitrogens with two attached hydrogens (primary N) is 1. The molecule has 0 radical (unpaired) electrons. The van der Waals surface area contributed by atoms with E-state index in [1.807, 2.05) is 26.5 Å². The maximum Gasteiger partial charge on any atom is 0.221 e. The van der Waals surface area contributed by atoms with E-state index in [4.69, 9.17) is 5.73 Å². The van der Waals surface area contributed by atoms with E-state index in [-0.39, 0.29) is 11.9 Å². The minimum atomic E-state index is 0.0406. The lowest BCUT2D eigenvalue weighted by Crippen LogP contribution is -2.33. The van der Waals surface area contributed by atoms with Crippen molar-refractivity contribution < 1.29 is 4.79 Å². The number of likely N-dealkylation sites (N-methyl/N-ethyl adjacent to an activating group) is 1. The lowest BCUT2D eigenvalue weighted by Gasteiger charge is -2.25. The largest absolute Gasteiger partial charge is 0.359 e. The van der Waals surface area contributed by atoms with Crippen LogP contribution in [0.5, 0.6) is 0 Å². The number of hydrogen-bond acceptors (Lipinski definition) is 4. The molecule has 0 bridgehead atoms. The van der Waals surface area contributed by atoms with Crippen LogP contribution in [0.2, 0.25) is 0 Å². The summed E-state index contributed by atoms with van der Waals surface area (Å²) in [6.45, 7) is 1.19. The van der Waals surface area contributed by atoms with Gasteiger partial charge in [0.25, 0.3) is 0 Å². The maximum absolute atomic E-state index is 11.2. The van der Waals surface area contributed by atoms with Crippen molar-refractivity contribution in [2.24, 2.45) is 12.8 Å². The van der Waals surface area contributed by atoms with Gasteiger partial charge >= 0.3 is 0 Å². The zero-order valence-electron chi connectivity index (χ0n) is 10.7. The second kappa shape index (κ2) is 6.36. The number of carbonyl (C=O) groups is 1. The van der Waals surface area contributed by atoms with E-state index in [2.05, 4.69) is 15.3 Å². The molecule has 0 aliphatic rings. The normalized spacial score (nSPS) is 12.8. The zero-order chi connectivity index (χ0) is 12.8. The lowest BCUT2D eigenvalue weighted by atomic mass is 10.1. The number of nitrogens with zero attached hydrogens (tertiary/aromatic N) is 3. The van der Waals surface area contributed by atoms with Crippen LogP contribution in [0.25, 0.3) is 0 Å². The maximum atomic E-state index is 11.2. The summed E-state index contributed by atoms with van der Waals surface area (Å²) in [5, 5.41) is 6.74. The van der Waals surface area contributed by atoms with E-state index >= 15 is 0 Å². The average Bonchev–Trinajstić information content (AvgIpc) is 2.73. The van der Waals surface area contributed by atoms with Crippen molar-refractivity contribution in [1.29, 1.82) is 0 Å². The van der Waals surface area contributed by atoms with Gasteiger partial charge in [-0.3, -0.25) is 14.4 Å². The minimum Gasteiger partial charge on any atom is -0.359 e. The molecule has 1 heterocycles. The fourth-order valence-corrected chi connectivity index (χ4v) is 1.74. The molecular weight excluding hydrogens is 218 g/mol. The Morgan fingerprint density at radius 1 is 1.71 bits per heavy atom. The molecule has 0 aliphatic carbocycles. The van der Waals surface area contributed by atoms with Crippen molar-refractivity contribution in [2.75, 3.05) is 27.2 Å². The third kappa shape index (κ3) is 3.83. The molecule has 1 amide bonds. The third-order valence-electron chi connectivity index (χ3n) is 2.84. The van der Waals surface area contributed by atoms with E-state index < -0.39 is 0 Å². The quantitative estimate of drug-likeness (QED) is 0.701. The van der Waals surface area contributed by atoms with Crippen molar-refractivity contribution in [1.82, 2.24) is 20.0 Å². The van der Waals surface area contributed by atoms with Gasteiger partial charge in [0.1, 0.15) is 0 Å².